The van der Waals surface area contributed by atoms with E-state index in [1.54, 1.807) is 6.26 Å². The molecule has 3 heterocycles. The van der Waals surface area contributed by atoms with Crippen molar-refractivity contribution >= 4 is 29.9 Å². The quantitative estimate of drug-likeness (QED) is 0.213. The Labute approximate surface area is 184 Å². The maximum atomic E-state index is 5.69. The van der Waals surface area contributed by atoms with E-state index in [1.807, 2.05) is 12.3 Å². The van der Waals surface area contributed by atoms with Crippen LogP contribution in [0, 0.1) is 6.92 Å². The SMILES string of the molecule is CCNC(=NCC(c1ccco1)N1CCCC1)NCCCc1cn[nH]c1C.I. The molecule has 0 saturated carbocycles. The monoisotopic (exact) mass is 500 g/mol. The molecule has 0 spiro atoms. The molecule has 7 nitrogen and oxygen atoms in total. The van der Waals surface area contributed by atoms with E-state index in [1.165, 1.54) is 18.4 Å². The molecular weight excluding hydrogens is 467 g/mol. The minimum atomic E-state index is 0. The summed E-state index contributed by atoms with van der Waals surface area (Å²) >= 11 is 0. The van der Waals surface area contributed by atoms with Crippen molar-refractivity contribution in [2.45, 2.75) is 45.6 Å². The fourth-order valence-electron chi connectivity index (χ4n) is 3.55. The van der Waals surface area contributed by atoms with Gasteiger partial charge in [0.25, 0.3) is 0 Å². The molecule has 0 aliphatic carbocycles. The van der Waals surface area contributed by atoms with Gasteiger partial charge in [-0.1, -0.05) is 0 Å². The van der Waals surface area contributed by atoms with Crippen LogP contribution in [0.3, 0.4) is 0 Å². The smallest absolute Gasteiger partial charge is 0.191 e. The fraction of sp³-hybridized carbons (Fsp3) is 0.600. The molecule has 1 unspecified atom stereocenters. The third-order valence-electron chi connectivity index (χ3n) is 5.07. The molecule has 0 bridgehead atoms. The van der Waals surface area contributed by atoms with Crippen molar-refractivity contribution in [2.24, 2.45) is 4.99 Å². The molecule has 1 saturated heterocycles. The molecule has 156 valence electrons. The minimum absolute atomic E-state index is 0. The van der Waals surface area contributed by atoms with Crippen LogP contribution in [0.15, 0.2) is 34.0 Å². The van der Waals surface area contributed by atoms with E-state index in [0.29, 0.717) is 6.54 Å². The Morgan fingerprint density at radius 1 is 1.36 bits per heavy atom. The Morgan fingerprint density at radius 2 is 2.18 bits per heavy atom. The van der Waals surface area contributed by atoms with Crippen LogP contribution >= 0.6 is 24.0 Å². The standard InChI is InChI=1S/C20H32N6O.HI/c1-3-21-20(22-10-6-8-17-14-24-25-16(17)2)23-15-18(19-9-7-13-27-19)26-11-4-5-12-26;/h7,9,13-14,18H,3-6,8,10-12,15H2,1-2H3,(H,24,25)(H2,21,22,23);1H. The second-order valence-corrected chi connectivity index (χ2v) is 7.04. The Kier molecular flexibility index (Phi) is 9.83. The van der Waals surface area contributed by atoms with Crippen molar-refractivity contribution < 1.29 is 4.42 Å². The van der Waals surface area contributed by atoms with Gasteiger partial charge in [-0.2, -0.15) is 5.10 Å². The number of hydrogen-bond donors (Lipinski definition) is 3. The number of H-pyrrole nitrogens is 1. The van der Waals surface area contributed by atoms with Gasteiger partial charge in [-0.05, 0) is 70.3 Å². The zero-order valence-electron chi connectivity index (χ0n) is 16.9. The van der Waals surface area contributed by atoms with Gasteiger partial charge in [0.15, 0.2) is 5.96 Å². The largest absolute Gasteiger partial charge is 0.468 e. The highest BCUT2D eigenvalue weighted by atomic mass is 127. The van der Waals surface area contributed by atoms with Crippen molar-refractivity contribution in [2.75, 3.05) is 32.7 Å². The highest BCUT2D eigenvalue weighted by Gasteiger charge is 2.25. The third kappa shape index (κ3) is 6.51. The number of nitrogens with one attached hydrogen (secondary N) is 3. The number of likely N-dealkylation sites (tertiary alicyclic amines) is 1. The summed E-state index contributed by atoms with van der Waals surface area (Å²) in [5.74, 6) is 1.88. The summed E-state index contributed by atoms with van der Waals surface area (Å²) < 4.78 is 5.69. The summed E-state index contributed by atoms with van der Waals surface area (Å²) in [6, 6.07) is 4.24. The van der Waals surface area contributed by atoms with Crippen molar-refractivity contribution in [3.63, 3.8) is 0 Å². The second-order valence-electron chi connectivity index (χ2n) is 7.04. The highest BCUT2D eigenvalue weighted by molar-refractivity contribution is 14.0. The van der Waals surface area contributed by atoms with Crippen molar-refractivity contribution in [3.05, 3.63) is 41.6 Å². The number of furan rings is 1. The second kappa shape index (κ2) is 12.1. The van der Waals surface area contributed by atoms with Crippen molar-refractivity contribution in [3.8, 4) is 0 Å². The van der Waals surface area contributed by atoms with Gasteiger partial charge in [0.05, 0.1) is 25.0 Å². The number of nitrogens with zero attached hydrogens (tertiary/aromatic N) is 3. The highest BCUT2D eigenvalue weighted by Crippen LogP contribution is 2.25. The number of aryl methyl sites for hydroxylation is 2. The first-order chi connectivity index (χ1) is 13.3. The number of aromatic amines is 1. The Morgan fingerprint density at radius 3 is 2.82 bits per heavy atom. The Hall–Kier alpha value is -1.55. The molecule has 8 heteroatoms. The van der Waals surface area contributed by atoms with E-state index in [2.05, 4.69) is 45.6 Å². The summed E-state index contributed by atoms with van der Waals surface area (Å²) in [6.45, 7) is 8.83. The van der Waals surface area contributed by atoms with E-state index >= 15 is 0 Å². The van der Waals surface area contributed by atoms with Gasteiger partial charge in [-0.25, -0.2) is 0 Å². The minimum Gasteiger partial charge on any atom is -0.468 e. The van der Waals surface area contributed by atoms with Gasteiger partial charge in [0, 0.05) is 18.8 Å². The molecule has 1 atom stereocenters. The summed E-state index contributed by atoms with van der Waals surface area (Å²) in [5.41, 5.74) is 2.44. The third-order valence-corrected chi connectivity index (χ3v) is 5.07. The van der Waals surface area contributed by atoms with Crippen LogP contribution in [0.2, 0.25) is 0 Å². The first kappa shape index (κ1) is 22.7. The lowest BCUT2D eigenvalue weighted by Gasteiger charge is -2.24. The van der Waals surface area contributed by atoms with Gasteiger partial charge in [-0.3, -0.25) is 15.0 Å². The van der Waals surface area contributed by atoms with Crippen LogP contribution in [0.1, 0.15) is 49.2 Å². The van der Waals surface area contributed by atoms with Gasteiger partial charge in [0.2, 0.25) is 0 Å². The molecule has 1 fully saturated rings. The summed E-state index contributed by atoms with van der Waals surface area (Å²) in [6.07, 6.45) is 8.23. The molecular formula is C20H33IN6O. The molecule has 3 rings (SSSR count). The van der Waals surface area contributed by atoms with Gasteiger partial charge in [-0.15, -0.1) is 24.0 Å². The average Bonchev–Trinajstić information content (AvgIpc) is 3.43. The molecule has 0 aromatic carbocycles. The molecule has 1 aliphatic heterocycles. The molecule has 28 heavy (non-hydrogen) atoms. The van der Waals surface area contributed by atoms with Crippen molar-refractivity contribution in [1.82, 2.24) is 25.7 Å². The van der Waals surface area contributed by atoms with E-state index in [4.69, 9.17) is 9.41 Å². The zero-order valence-corrected chi connectivity index (χ0v) is 19.2. The van der Waals surface area contributed by atoms with Crippen LogP contribution in [0.5, 0.6) is 0 Å². The molecule has 0 radical (unpaired) electrons. The van der Waals surface area contributed by atoms with Crippen LogP contribution < -0.4 is 10.6 Å². The number of aromatic nitrogens is 2. The van der Waals surface area contributed by atoms with Crippen LogP contribution in [0.25, 0.3) is 0 Å². The topological polar surface area (TPSA) is 81.5 Å². The fourth-order valence-corrected chi connectivity index (χ4v) is 3.55. The first-order valence-electron chi connectivity index (χ1n) is 10.1. The van der Waals surface area contributed by atoms with Crippen molar-refractivity contribution in [1.29, 1.82) is 0 Å². The molecule has 2 aromatic heterocycles. The number of hydrogen-bond acceptors (Lipinski definition) is 4. The maximum absolute atomic E-state index is 5.69. The van der Waals surface area contributed by atoms with Gasteiger partial charge >= 0.3 is 0 Å². The predicted molar refractivity (Wildman–Crippen MR) is 123 cm³/mol. The molecule has 1 aliphatic rings. The molecule has 2 aromatic rings. The van der Waals surface area contributed by atoms with E-state index < -0.39 is 0 Å². The van der Waals surface area contributed by atoms with Crippen LogP contribution in [-0.2, 0) is 6.42 Å². The van der Waals surface area contributed by atoms with Gasteiger partial charge < -0.3 is 15.1 Å². The lowest BCUT2D eigenvalue weighted by Crippen LogP contribution is -2.39. The molecule has 3 N–H and O–H groups in total. The lowest BCUT2D eigenvalue weighted by molar-refractivity contribution is 0.221. The van der Waals surface area contributed by atoms with Crippen LogP contribution in [0.4, 0.5) is 0 Å². The lowest BCUT2D eigenvalue weighted by atomic mass is 10.1. The summed E-state index contributed by atoms with van der Waals surface area (Å²) in [4.78, 5) is 7.32. The van der Waals surface area contributed by atoms with E-state index in [9.17, 15) is 0 Å². The normalized spacial score (nSPS) is 16.0. The predicted octanol–water partition coefficient (Wildman–Crippen LogP) is 3.25. The zero-order chi connectivity index (χ0) is 18.9. The number of guanidine groups is 1. The first-order valence-corrected chi connectivity index (χ1v) is 10.1. The number of halogens is 1. The molecule has 0 amide bonds. The Bertz CT molecular complexity index is 693. The van der Waals surface area contributed by atoms with Gasteiger partial charge in [0.1, 0.15) is 5.76 Å². The van der Waals surface area contributed by atoms with Crippen LogP contribution in [-0.4, -0.2) is 53.8 Å². The Balaban J connectivity index is 0.00000280. The number of rotatable bonds is 9. The average molecular weight is 500 g/mol. The van der Waals surface area contributed by atoms with E-state index in [0.717, 1.165) is 56.4 Å². The van der Waals surface area contributed by atoms with E-state index in [-0.39, 0.29) is 30.0 Å². The number of aliphatic imine (C=N–C) groups is 1. The summed E-state index contributed by atoms with van der Waals surface area (Å²) in [5, 5.41) is 13.9. The summed E-state index contributed by atoms with van der Waals surface area (Å²) in [7, 11) is 0. The maximum Gasteiger partial charge on any atom is 0.191 e.